The SMILES string of the molecule is C1=CCC(c2ccccc2)C(N(c2ccc3c(c2)-c2ccccc2C32c3ccccc3-c3ccccc32)c2ccccc2-c2ccccc2)=C1. The minimum Gasteiger partial charge on any atom is -0.313 e. The number of allylic oxidation sites excluding steroid dienone is 4. The lowest BCUT2D eigenvalue weighted by molar-refractivity contribution is 0.773. The average Bonchev–Trinajstić information content (AvgIpc) is 3.66. The van der Waals surface area contributed by atoms with Gasteiger partial charge in [-0.2, -0.15) is 0 Å². The number of anilines is 2. The first-order chi connectivity index (χ1) is 24.8. The zero-order valence-corrected chi connectivity index (χ0v) is 27.7. The van der Waals surface area contributed by atoms with Crippen LogP contribution in [0.4, 0.5) is 11.4 Å². The van der Waals surface area contributed by atoms with Gasteiger partial charge in [0.15, 0.2) is 0 Å². The molecule has 0 amide bonds. The Labute approximate surface area is 294 Å². The molecule has 1 spiro atoms. The van der Waals surface area contributed by atoms with Crippen LogP contribution in [0.1, 0.15) is 40.2 Å². The number of para-hydroxylation sites is 1. The van der Waals surface area contributed by atoms with Crippen molar-refractivity contribution < 1.29 is 0 Å². The highest BCUT2D eigenvalue weighted by atomic mass is 15.2. The fourth-order valence-electron chi connectivity index (χ4n) is 9.03. The minimum absolute atomic E-state index is 0.213. The van der Waals surface area contributed by atoms with Gasteiger partial charge in [-0.3, -0.25) is 0 Å². The molecule has 3 aliphatic rings. The summed E-state index contributed by atoms with van der Waals surface area (Å²) in [6.45, 7) is 0. The van der Waals surface area contributed by atoms with E-state index in [1.54, 1.807) is 0 Å². The van der Waals surface area contributed by atoms with Crippen molar-refractivity contribution in [1.82, 2.24) is 0 Å². The third kappa shape index (κ3) is 4.13. The van der Waals surface area contributed by atoms with Gasteiger partial charge in [0.05, 0.1) is 11.1 Å². The molecule has 0 fully saturated rings. The predicted octanol–water partition coefficient (Wildman–Crippen LogP) is 12.5. The van der Waals surface area contributed by atoms with E-state index in [1.165, 1.54) is 78.3 Å². The zero-order valence-electron chi connectivity index (χ0n) is 27.7. The van der Waals surface area contributed by atoms with Gasteiger partial charge in [0.2, 0.25) is 0 Å². The van der Waals surface area contributed by atoms with Gasteiger partial charge in [0, 0.05) is 22.9 Å². The monoisotopic (exact) mass is 637 g/mol. The molecule has 0 saturated heterocycles. The highest BCUT2D eigenvalue weighted by molar-refractivity contribution is 5.96. The van der Waals surface area contributed by atoms with E-state index in [0.29, 0.717) is 0 Å². The van der Waals surface area contributed by atoms with Crippen LogP contribution >= 0.6 is 0 Å². The summed E-state index contributed by atoms with van der Waals surface area (Å²) < 4.78 is 0. The Hall–Kier alpha value is -6.18. The molecule has 50 heavy (non-hydrogen) atoms. The third-order valence-corrected chi connectivity index (χ3v) is 11.1. The van der Waals surface area contributed by atoms with Crippen molar-refractivity contribution in [2.24, 2.45) is 0 Å². The lowest BCUT2D eigenvalue weighted by Crippen LogP contribution is -2.26. The molecule has 10 rings (SSSR count). The second-order valence-electron chi connectivity index (χ2n) is 13.6. The Kier molecular flexibility index (Phi) is 6.60. The summed E-state index contributed by atoms with van der Waals surface area (Å²) in [5.41, 5.74) is 17.8. The molecule has 1 heteroatoms. The Morgan fingerprint density at radius 2 is 0.980 bits per heavy atom. The van der Waals surface area contributed by atoms with Crippen LogP contribution in [0.25, 0.3) is 33.4 Å². The molecule has 7 aromatic carbocycles. The number of hydrogen-bond donors (Lipinski definition) is 0. The highest BCUT2D eigenvalue weighted by Crippen LogP contribution is 2.63. The minimum atomic E-state index is -0.357. The third-order valence-electron chi connectivity index (χ3n) is 11.1. The van der Waals surface area contributed by atoms with Crippen LogP contribution in [0.15, 0.2) is 200 Å². The number of nitrogens with zero attached hydrogens (tertiary/aromatic N) is 1. The number of fused-ring (bicyclic) bond motifs is 10. The first kappa shape index (κ1) is 28.8. The fourth-order valence-corrected chi connectivity index (χ4v) is 9.03. The van der Waals surface area contributed by atoms with Gasteiger partial charge in [-0.15, -0.1) is 0 Å². The topological polar surface area (TPSA) is 3.24 Å². The number of hydrogen-bond acceptors (Lipinski definition) is 1. The van der Waals surface area contributed by atoms with Crippen LogP contribution in [0.5, 0.6) is 0 Å². The van der Waals surface area contributed by atoms with Gasteiger partial charge >= 0.3 is 0 Å². The largest absolute Gasteiger partial charge is 0.313 e. The van der Waals surface area contributed by atoms with Gasteiger partial charge in [0.25, 0.3) is 0 Å². The molecule has 0 saturated carbocycles. The van der Waals surface area contributed by atoms with Gasteiger partial charge in [0.1, 0.15) is 0 Å². The fraction of sp³-hybridized carbons (Fsp3) is 0.0612. The maximum absolute atomic E-state index is 2.54. The van der Waals surface area contributed by atoms with Crippen molar-refractivity contribution in [2.45, 2.75) is 17.8 Å². The predicted molar refractivity (Wildman–Crippen MR) is 208 cm³/mol. The molecule has 1 nitrogen and oxygen atoms in total. The molecule has 0 bridgehead atoms. The van der Waals surface area contributed by atoms with Crippen LogP contribution in [-0.4, -0.2) is 0 Å². The number of rotatable bonds is 5. The maximum atomic E-state index is 2.54. The molecule has 3 aliphatic carbocycles. The van der Waals surface area contributed by atoms with E-state index in [9.17, 15) is 0 Å². The molecule has 0 aromatic heterocycles. The molecule has 1 unspecified atom stereocenters. The second kappa shape index (κ2) is 11.5. The van der Waals surface area contributed by atoms with E-state index in [2.05, 4.69) is 199 Å². The highest BCUT2D eigenvalue weighted by Gasteiger charge is 2.51. The quantitative estimate of drug-likeness (QED) is 0.181. The van der Waals surface area contributed by atoms with E-state index in [-0.39, 0.29) is 11.3 Å². The first-order valence-electron chi connectivity index (χ1n) is 17.6. The Bertz CT molecular complexity index is 2420. The van der Waals surface area contributed by atoms with E-state index < -0.39 is 0 Å². The molecule has 0 N–H and O–H groups in total. The van der Waals surface area contributed by atoms with Crippen molar-refractivity contribution in [3.63, 3.8) is 0 Å². The molecule has 1 atom stereocenters. The summed E-state index contributed by atoms with van der Waals surface area (Å²) in [7, 11) is 0. The molecular weight excluding hydrogens is 603 g/mol. The van der Waals surface area contributed by atoms with Crippen LogP contribution in [0.2, 0.25) is 0 Å². The van der Waals surface area contributed by atoms with E-state index >= 15 is 0 Å². The second-order valence-corrected chi connectivity index (χ2v) is 13.6. The molecule has 0 aliphatic heterocycles. The normalized spacial score (nSPS) is 15.9. The smallest absolute Gasteiger partial charge is 0.0725 e. The molecule has 7 aromatic rings. The van der Waals surface area contributed by atoms with Crippen LogP contribution < -0.4 is 4.90 Å². The van der Waals surface area contributed by atoms with Gasteiger partial charge in [-0.25, -0.2) is 0 Å². The zero-order chi connectivity index (χ0) is 33.1. The maximum Gasteiger partial charge on any atom is 0.0725 e. The molecular formula is C49H35N. The van der Waals surface area contributed by atoms with Crippen molar-refractivity contribution in [2.75, 3.05) is 4.90 Å². The van der Waals surface area contributed by atoms with Crippen molar-refractivity contribution in [1.29, 1.82) is 0 Å². The standard InChI is InChI=1S/C49H35N/c1-3-17-34(18-4-1)37-21-10-15-29-47(37)50(48-30-16-11-22-38(48)35-19-5-2-6-20-35)36-31-32-46-42(33-36)41-25-9-14-28-45(41)49(46)43-26-12-7-23-39(43)40-24-8-13-27-44(40)49/h1-21,23-33,38H,22H2. The van der Waals surface area contributed by atoms with Crippen LogP contribution in [-0.2, 0) is 5.41 Å². The molecule has 0 heterocycles. The van der Waals surface area contributed by atoms with Gasteiger partial charge in [-0.05, 0) is 86.3 Å². The summed E-state index contributed by atoms with van der Waals surface area (Å²) in [6, 6.07) is 65.1. The lowest BCUT2D eigenvalue weighted by Gasteiger charge is -2.36. The Balaban J connectivity index is 1.24. The van der Waals surface area contributed by atoms with E-state index in [0.717, 1.165) is 6.42 Å². The molecule has 0 radical (unpaired) electrons. The summed E-state index contributed by atoms with van der Waals surface area (Å²) in [6.07, 6.45) is 7.82. The summed E-state index contributed by atoms with van der Waals surface area (Å²) in [5, 5.41) is 0. The van der Waals surface area contributed by atoms with Gasteiger partial charge < -0.3 is 4.90 Å². The van der Waals surface area contributed by atoms with Crippen LogP contribution in [0.3, 0.4) is 0 Å². The van der Waals surface area contributed by atoms with Crippen molar-refractivity contribution in [3.8, 4) is 33.4 Å². The lowest BCUT2D eigenvalue weighted by atomic mass is 9.70. The van der Waals surface area contributed by atoms with Crippen molar-refractivity contribution >= 4 is 11.4 Å². The van der Waals surface area contributed by atoms with E-state index in [1.807, 2.05) is 0 Å². The summed E-state index contributed by atoms with van der Waals surface area (Å²) in [5.74, 6) is 0.213. The summed E-state index contributed by atoms with van der Waals surface area (Å²) in [4.78, 5) is 2.54. The van der Waals surface area contributed by atoms with Crippen LogP contribution in [0, 0.1) is 0 Å². The first-order valence-corrected chi connectivity index (χ1v) is 17.6. The van der Waals surface area contributed by atoms with E-state index in [4.69, 9.17) is 0 Å². The average molecular weight is 638 g/mol. The Morgan fingerprint density at radius 1 is 0.460 bits per heavy atom. The summed E-state index contributed by atoms with van der Waals surface area (Å²) >= 11 is 0. The van der Waals surface area contributed by atoms with Gasteiger partial charge in [-0.1, -0.05) is 170 Å². The van der Waals surface area contributed by atoms with Crippen molar-refractivity contribution in [3.05, 3.63) is 228 Å². The number of benzene rings is 7. The Morgan fingerprint density at radius 3 is 1.64 bits per heavy atom. The molecule has 236 valence electrons.